The number of hydrazone groups is 2. The fourth-order valence-corrected chi connectivity index (χ4v) is 2.29. The van der Waals surface area contributed by atoms with E-state index in [1.807, 2.05) is 24.3 Å². The zero-order valence-electron chi connectivity index (χ0n) is 21.2. The summed E-state index contributed by atoms with van der Waals surface area (Å²) >= 11 is 0. The number of carbonyl (C=O) groups is 2. The van der Waals surface area contributed by atoms with Gasteiger partial charge in [0.1, 0.15) is 0 Å². The van der Waals surface area contributed by atoms with Crippen molar-refractivity contribution in [2.45, 2.75) is 0 Å². The number of nitrogens with zero attached hydrogens (tertiary/aromatic N) is 4. The molecule has 0 aliphatic heterocycles. The van der Waals surface area contributed by atoms with Crippen molar-refractivity contribution in [3.8, 4) is 0 Å². The molecule has 4 aromatic heterocycles. The maximum absolute atomic E-state index is 11.5. The maximum Gasteiger partial charge on any atom is 2.00 e. The number of nitrogens with one attached hydrogen (secondary N) is 4. The number of aromatic amines is 2. The zero-order chi connectivity index (χ0) is 31.4. The van der Waals surface area contributed by atoms with Gasteiger partial charge in [-0.1, -0.05) is 0 Å². The number of halogens is 2. The molecule has 233 valence electrons. The Balaban J connectivity index is 0.000000617. The number of carbonyl (C=O) groups excluding carboxylic acids is 2. The van der Waals surface area contributed by atoms with Gasteiger partial charge in [-0.05, 0) is 48.5 Å². The van der Waals surface area contributed by atoms with Gasteiger partial charge in [-0.25, -0.2) is 48.1 Å². The van der Waals surface area contributed by atoms with Crippen LogP contribution in [0.2, 0.25) is 0 Å². The van der Waals surface area contributed by atoms with Crippen LogP contribution >= 0.6 is 0 Å². The smallest absolute Gasteiger partial charge is 0.360 e. The van der Waals surface area contributed by atoms with Crippen LogP contribution in [0.15, 0.2) is 95.9 Å². The Hall–Kier alpha value is -4.08. The number of amides is 2. The third-order valence-corrected chi connectivity index (χ3v) is 3.83. The van der Waals surface area contributed by atoms with Gasteiger partial charge in [-0.2, -0.15) is 10.2 Å². The van der Waals surface area contributed by atoms with Crippen molar-refractivity contribution < 1.29 is 84.4 Å². The standard InChI is InChI=1S/2C11H10N4O.2ClHO4.Cu/c2*16-11(9-3-1-5-12-7-9)15-14-8-10-4-2-6-13-10;2*2-1(3,4)5;/h2*1-8,13H,(H,15,16);2*(H,2,3,4,5);/q;;;;+2/p-2/b2*14-8-;;;. The number of hydrogen-bond acceptors (Lipinski definition) is 14. The summed E-state index contributed by atoms with van der Waals surface area (Å²) in [4.78, 5) is 36.6. The molecule has 0 saturated heterocycles. The molecule has 0 fully saturated rings. The Labute approximate surface area is 257 Å². The van der Waals surface area contributed by atoms with Gasteiger partial charge in [0, 0.05) is 37.2 Å². The summed E-state index contributed by atoms with van der Waals surface area (Å²) in [5.74, 6) is -0.563. The van der Waals surface area contributed by atoms with Crippen LogP contribution < -0.4 is 48.1 Å². The van der Waals surface area contributed by atoms with Gasteiger partial charge in [-0.3, -0.25) is 19.6 Å². The van der Waals surface area contributed by atoms with Gasteiger partial charge in [0.25, 0.3) is 11.8 Å². The predicted molar refractivity (Wildman–Crippen MR) is 120 cm³/mol. The van der Waals surface area contributed by atoms with E-state index in [0.29, 0.717) is 11.1 Å². The van der Waals surface area contributed by atoms with E-state index in [1.54, 1.807) is 49.1 Å². The summed E-state index contributed by atoms with van der Waals surface area (Å²) < 4.78 is 67.9. The normalized spacial score (nSPS) is 10.6. The minimum atomic E-state index is -4.94. The Morgan fingerprint density at radius 2 is 1.00 bits per heavy atom. The van der Waals surface area contributed by atoms with Crippen molar-refractivity contribution in [2.24, 2.45) is 10.2 Å². The summed E-state index contributed by atoms with van der Waals surface area (Å²) in [5, 5.41) is 7.61. The molecular formula is C22H20Cl2CuN8O10. The summed E-state index contributed by atoms with van der Waals surface area (Å²) in [6.07, 6.45) is 12.8. The van der Waals surface area contributed by atoms with Crippen LogP contribution in [0.5, 0.6) is 0 Å². The van der Waals surface area contributed by atoms with Crippen LogP contribution in [-0.4, -0.2) is 44.2 Å². The Morgan fingerprint density at radius 1 is 0.651 bits per heavy atom. The molecule has 0 atom stereocenters. The van der Waals surface area contributed by atoms with Crippen molar-refractivity contribution in [3.63, 3.8) is 0 Å². The van der Waals surface area contributed by atoms with Gasteiger partial charge >= 0.3 is 17.1 Å². The molecule has 0 aromatic carbocycles. The number of H-pyrrole nitrogens is 2. The third kappa shape index (κ3) is 23.2. The van der Waals surface area contributed by atoms with E-state index in [0.717, 1.165) is 11.4 Å². The van der Waals surface area contributed by atoms with Crippen LogP contribution in [0.25, 0.3) is 0 Å². The first-order chi connectivity index (χ1) is 19.7. The number of rotatable bonds is 6. The van der Waals surface area contributed by atoms with Crippen molar-refractivity contribution in [2.75, 3.05) is 0 Å². The zero-order valence-corrected chi connectivity index (χ0v) is 23.6. The van der Waals surface area contributed by atoms with E-state index in [9.17, 15) is 9.59 Å². The van der Waals surface area contributed by atoms with Crippen molar-refractivity contribution in [1.29, 1.82) is 0 Å². The molecule has 1 radical (unpaired) electrons. The largest absolute Gasteiger partial charge is 2.00 e. The first-order valence-electron chi connectivity index (χ1n) is 10.7. The van der Waals surface area contributed by atoms with Gasteiger partial charge in [0.2, 0.25) is 0 Å². The summed E-state index contributed by atoms with van der Waals surface area (Å²) in [5.41, 5.74) is 7.42. The topological polar surface area (TPSA) is 325 Å². The van der Waals surface area contributed by atoms with E-state index in [4.69, 9.17) is 37.3 Å². The van der Waals surface area contributed by atoms with Crippen LogP contribution in [0.1, 0.15) is 32.1 Å². The molecule has 0 saturated carbocycles. The number of aromatic nitrogens is 4. The van der Waals surface area contributed by atoms with Gasteiger partial charge in [0.15, 0.2) is 0 Å². The van der Waals surface area contributed by atoms with Crippen molar-refractivity contribution >= 4 is 24.2 Å². The molecule has 43 heavy (non-hydrogen) atoms. The summed E-state index contributed by atoms with van der Waals surface area (Å²) in [7, 11) is -9.89. The van der Waals surface area contributed by atoms with E-state index in [2.05, 4.69) is 41.0 Å². The van der Waals surface area contributed by atoms with E-state index >= 15 is 0 Å². The quantitative estimate of drug-likeness (QED) is 0.0833. The molecule has 0 unspecified atom stereocenters. The second-order valence-electron chi connectivity index (χ2n) is 6.89. The SMILES string of the molecule is O=C(N/N=C\c1ccc[nH]1)c1cccnc1.O=C(N/N=C\c1ccc[nH]1)c1cccnc1.[Cu+2].[O-][Cl+3]([O-])([O-])[O-].[O-][Cl+3]([O-])([O-])[O-]. The molecule has 0 bridgehead atoms. The molecule has 4 rings (SSSR count). The Kier molecular flexibility index (Phi) is 18.8. The molecule has 4 aromatic rings. The van der Waals surface area contributed by atoms with Crippen LogP contribution in [-0.2, 0) is 17.1 Å². The predicted octanol–water partition coefficient (Wildman–Crippen LogP) is -7.17. The van der Waals surface area contributed by atoms with Crippen LogP contribution in [0.3, 0.4) is 0 Å². The maximum atomic E-state index is 11.5. The molecule has 21 heteroatoms. The molecule has 0 spiro atoms. The molecule has 4 N–H and O–H groups in total. The molecule has 2 amide bonds. The Bertz CT molecular complexity index is 1240. The summed E-state index contributed by atoms with van der Waals surface area (Å²) in [6, 6.07) is 14.1. The van der Waals surface area contributed by atoms with Gasteiger partial charge in [0.05, 0.1) is 34.9 Å². The average molecular weight is 691 g/mol. The fraction of sp³-hybridized carbons (Fsp3) is 0. The second kappa shape index (κ2) is 20.7. The van der Waals surface area contributed by atoms with Crippen molar-refractivity contribution in [3.05, 3.63) is 108 Å². The van der Waals surface area contributed by atoms with Gasteiger partial charge in [-0.15, -0.1) is 20.5 Å². The van der Waals surface area contributed by atoms with E-state index in [1.165, 1.54) is 24.8 Å². The molecule has 0 aliphatic carbocycles. The van der Waals surface area contributed by atoms with Crippen LogP contribution in [0.4, 0.5) is 0 Å². The number of hydrogen-bond donors (Lipinski definition) is 4. The van der Waals surface area contributed by atoms with Crippen molar-refractivity contribution in [1.82, 2.24) is 30.8 Å². The first-order valence-corrected chi connectivity index (χ1v) is 13.2. The average Bonchev–Trinajstić information content (AvgIpc) is 3.63. The molecule has 18 nitrogen and oxygen atoms in total. The van der Waals surface area contributed by atoms with Gasteiger partial charge < -0.3 is 9.97 Å². The second-order valence-corrected chi connectivity index (χ2v) is 8.40. The van der Waals surface area contributed by atoms with E-state index in [-0.39, 0.29) is 28.9 Å². The molecular weight excluding hydrogens is 671 g/mol. The molecule has 4 heterocycles. The fourth-order valence-electron chi connectivity index (χ4n) is 2.29. The Morgan fingerprint density at radius 3 is 1.26 bits per heavy atom. The first kappa shape index (κ1) is 38.9. The number of pyridine rings is 2. The molecule has 0 aliphatic rings. The monoisotopic (exact) mass is 689 g/mol. The minimum absolute atomic E-state index is 0. The summed E-state index contributed by atoms with van der Waals surface area (Å²) in [6.45, 7) is 0. The minimum Gasteiger partial charge on any atom is -0.360 e. The third-order valence-electron chi connectivity index (χ3n) is 3.83. The van der Waals surface area contributed by atoms with Crippen LogP contribution in [0, 0.1) is 20.5 Å². The van der Waals surface area contributed by atoms with E-state index < -0.39 is 20.5 Å².